The van der Waals surface area contributed by atoms with E-state index in [2.05, 4.69) is 16.7 Å². The average Bonchev–Trinajstić information content (AvgIpc) is 3.09. The van der Waals surface area contributed by atoms with Crippen molar-refractivity contribution in [3.05, 3.63) is 54.9 Å². The van der Waals surface area contributed by atoms with Gasteiger partial charge in [-0.1, -0.05) is 12.7 Å². The highest BCUT2D eigenvalue weighted by Gasteiger charge is 2.29. The quantitative estimate of drug-likeness (QED) is 0.796. The van der Waals surface area contributed by atoms with Crippen LogP contribution in [-0.4, -0.2) is 32.8 Å². The van der Waals surface area contributed by atoms with Crippen LogP contribution in [-0.2, 0) is 0 Å². The zero-order chi connectivity index (χ0) is 14.5. The maximum absolute atomic E-state index is 13.5. The Balaban J connectivity index is 2.15. The van der Waals surface area contributed by atoms with Gasteiger partial charge in [0.2, 0.25) is 0 Å². The molecule has 0 bridgehead atoms. The van der Waals surface area contributed by atoms with Crippen LogP contribution in [0.15, 0.2) is 60.0 Å². The summed E-state index contributed by atoms with van der Waals surface area (Å²) in [5, 5.41) is 5.31. The summed E-state index contributed by atoms with van der Waals surface area (Å²) in [5.41, 5.74) is 0.492. The molecule has 1 amide bonds. The Kier molecular flexibility index (Phi) is 4.24. The van der Waals surface area contributed by atoms with Gasteiger partial charge in [-0.15, -0.1) is 0 Å². The molecule has 1 aliphatic heterocycles. The summed E-state index contributed by atoms with van der Waals surface area (Å²) in [7, 11) is 0. The van der Waals surface area contributed by atoms with Crippen molar-refractivity contribution in [1.29, 1.82) is 0 Å². The van der Waals surface area contributed by atoms with E-state index in [9.17, 15) is 9.18 Å². The summed E-state index contributed by atoms with van der Waals surface area (Å²) in [6.07, 6.45) is 10.8. The number of hydrazone groups is 1. The zero-order valence-electron chi connectivity index (χ0n) is 11.1. The number of hydrogen-bond acceptors (Lipinski definition) is 3. The second kappa shape index (κ2) is 6.10. The van der Waals surface area contributed by atoms with Crippen molar-refractivity contribution in [2.45, 2.75) is 19.4 Å². The Morgan fingerprint density at radius 2 is 2.35 bits per heavy atom. The summed E-state index contributed by atoms with van der Waals surface area (Å²) in [4.78, 5) is 16.0. The van der Waals surface area contributed by atoms with Crippen LogP contribution in [0.5, 0.6) is 0 Å². The Morgan fingerprint density at radius 1 is 1.55 bits per heavy atom. The maximum Gasteiger partial charge on any atom is 0.350 e. The van der Waals surface area contributed by atoms with Crippen molar-refractivity contribution < 1.29 is 9.18 Å². The smallest absolute Gasteiger partial charge is 0.257 e. The summed E-state index contributed by atoms with van der Waals surface area (Å²) in [6.45, 7) is 5.55. The molecule has 0 spiro atoms. The van der Waals surface area contributed by atoms with Crippen molar-refractivity contribution in [1.82, 2.24) is 14.6 Å². The molecule has 0 N–H and O–H groups in total. The maximum atomic E-state index is 13.5. The van der Waals surface area contributed by atoms with Gasteiger partial charge >= 0.3 is 6.03 Å². The van der Waals surface area contributed by atoms with E-state index in [1.165, 1.54) is 40.4 Å². The number of amides is 1. The topological polar surface area (TPSA) is 50.5 Å². The van der Waals surface area contributed by atoms with Crippen LogP contribution in [0, 0.1) is 0 Å². The molecule has 2 heterocycles. The van der Waals surface area contributed by atoms with Crippen molar-refractivity contribution in [3.8, 4) is 0 Å². The molecule has 0 radical (unpaired) electrons. The third-order valence-corrected chi connectivity index (χ3v) is 2.83. The molecule has 104 valence electrons. The average molecular weight is 274 g/mol. The zero-order valence-corrected chi connectivity index (χ0v) is 11.1. The Bertz CT molecular complexity index is 586. The molecule has 0 aliphatic carbocycles. The van der Waals surface area contributed by atoms with Gasteiger partial charge in [0.15, 0.2) is 0 Å². The molecule has 1 aromatic rings. The second-order valence-corrected chi connectivity index (χ2v) is 4.25. The highest BCUT2D eigenvalue weighted by Crippen LogP contribution is 2.21. The van der Waals surface area contributed by atoms with Crippen LogP contribution >= 0.6 is 0 Å². The number of hydrogen-bond donors (Lipinski definition) is 0. The van der Waals surface area contributed by atoms with Gasteiger partial charge in [-0.2, -0.15) is 5.10 Å². The molecule has 0 unspecified atom stereocenters. The summed E-state index contributed by atoms with van der Waals surface area (Å²) >= 11 is 0. The lowest BCUT2D eigenvalue weighted by molar-refractivity contribution is 0.195. The van der Waals surface area contributed by atoms with Crippen LogP contribution in [0.4, 0.5) is 9.18 Å². The number of rotatable bonds is 3. The lowest BCUT2D eigenvalue weighted by atomic mass is 10.1. The van der Waals surface area contributed by atoms with E-state index in [1.54, 1.807) is 19.2 Å². The van der Waals surface area contributed by atoms with E-state index in [4.69, 9.17) is 0 Å². The highest BCUT2D eigenvalue weighted by atomic mass is 19.1. The molecular formula is C14H15FN4O. The van der Waals surface area contributed by atoms with E-state index in [0.29, 0.717) is 12.0 Å². The lowest BCUT2D eigenvalue weighted by Crippen LogP contribution is -2.36. The summed E-state index contributed by atoms with van der Waals surface area (Å²) in [5.74, 6) is -0.403. The number of aromatic nitrogens is 2. The number of nitrogens with zero attached hydrogens (tertiary/aromatic N) is 4. The predicted octanol–water partition coefficient (Wildman–Crippen LogP) is 2.90. The molecule has 0 fully saturated rings. The first-order valence-corrected chi connectivity index (χ1v) is 6.16. The van der Waals surface area contributed by atoms with Gasteiger partial charge in [0, 0.05) is 25.0 Å². The van der Waals surface area contributed by atoms with Crippen LogP contribution in [0.3, 0.4) is 0 Å². The third-order valence-electron chi connectivity index (χ3n) is 2.83. The van der Waals surface area contributed by atoms with Gasteiger partial charge in [0.05, 0.1) is 6.04 Å². The van der Waals surface area contributed by atoms with Crippen LogP contribution in [0.1, 0.15) is 13.3 Å². The van der Waals surface area contributed by atoms with Crippen molar-refractivity contribution in [2.75, 3.05) is 0 Å². The Hall–Kier alpha value is -2.50. The minimum absolute atomic E-state index is 0.345. The lowest BCUT2D eigenvalue weighted by Gasteiger charge is -2.22. The van der Waals surface area contributed by atoms with E-state index >= 15 is 0 Å². The molecular weight excluding hydrogens is 259 g/mol. The molecule has 6 heteroatoms. The molecule has 20 heavy (non-hydrogen) atoms. The van der Waals surface area contributed by atoms with Gasteiger partial charge in [-0.05, 0) is 24.6 Å². The molecule has 1 atom stereocenters. The van der Waals surface area contributed by atoms with Crippen molar-refractivity contribution in [3.63, 3.8) is 0 Å². The fourth-order valence-electron chi connectivity index (χ4n) is 1.88. The highest BCUT2D eigenvalue weighted by molar-refractivity contribution is 5.80. The number of carbonyl (C=O) groups is 1. The Labute approximate surface area is 116 Å². The van der Waals surface area contributed by atoms with Gasteiger partial charge in [0.1, 0.15) is 12.2 Å². The number of imidazole rings is 1. The first-order chi connectivity index (χ1) is 9.63. The third kappa shape index (κ3) is 2.90. The van der Waals surface area contributed by atoms with Crippen molar-refractivity contribution >= 4 is 12.2 Å². The molecule has 0 aromatic carbocycles. The number of halogens is 1. The molecule has 1 aliphatic rings. The second-order valence-electron chi connectivity index (χ2n) is 4.25. The molecule has 0 saturated heterocycles. The van der Waals surface area contributed by atoms with Gasteiger partial charge in [-0.3, -0.25) is 4.57 Å². The van der Waals surface area contributed by atoms with Crippen LogP contribution in [0.25, 0.3) is 0 Å². The Morgan fingerprint density at radius 3 is 3.00 bits per heavy atom. The van der Waals surface area contributed by atoms with Crippen LogP contribution in [0.2, 0.25) is 0 Å². The number of allylic oxidation sites excluding steroid dienone is 3. The minimum atomic E-state index is -0.403. The van der Waals surface area contributed by atoms with Crippen LogP contribution < -0.4 is 0 Å². The molecule has 5 nitrogen and oxygen atoms in total. The van der Waals surface area contributed by atoms with E-state index < -0.39 is 5.83 Å². The van der Waals surface area contributed by atoms with Crippen molar-refractivity contribution in [2.24, 2.45) is 5.10 Å². The molecule has 2 rings (SSSR count). The largest absolute Gasteiger partial charge is 0.350 e. The summed E-state index contributed by atoms with van der Waals surface area (Å²) < 4.78 is 14.8. The molecule has 0 saturated carbocycles. The van der Waals surface area contributed by atoms with Gasteiger partial charge < -0.3 is 0 Å². The molecule has 1 aromatic heterocycles. The van der Waals surface area contributed by atoms with Gasteiger partial charge in [0.25, 0.3) is 0 Å². The van der Waals surface area contributed by atoms with E-state index in [1.807, 2.05) is 0 Å². The fourth-order valence-corrected chi connectivity index (χ4v) is 1.88. The van der Waals surface area contributed by atoms with E-state index in [0.717, 1.165) is 0 Å². The van der Waals surface area contributed by atoms with Gasteiger partial charge in [-0.25, -0.2) is 19.2 Å². The monoisotopic (exact) mass is 274 g/mol. The number of carbonyl (C=O) groups excluding carboxylic acids is 1. The standard InChI is InChI=1S/C14H15FN4O/c1-3-4-12(15)9-11(2)13-5-6-17-19(13)14(20)18-8-7-16-10-18/h3-4,6-10,13H,2,5H2,1H3/b4-3-,12-9+/t13-/m0/s1. The summed E-state index contributed by atoms with van der Waals surface area (Å²) in [6, 6.07) is -0.719. The fraction of sp³-hybridized carbons (Fsp3) is 0.214. The first kappa shape index (κ1) is 13.9. The normalized spacial score (nSPS) is 19.0. The van der Waals surface area contributed by atoms with E-state index in [-0.39, 0.29) is 12.1 Å². The predicted molar refractivity (Wildman–Crippen MR) is 74.9 cm³/mol. The first-order valence-electron chi connectivity index (χ1n) is 6.16. The SMILES string of the molecule is C=C(/C=C(F)\C=C/C)[C@@H]1CC=NN1C(=O)n1ccnc1. The minimum Gasteiger partial charge on any atom is -0.257 e.